The highest BCUT2D eigenvalue weighted by Crippen LogP contribution is 2.42. The number of piperazine rings is 1. The number of aromatic nitrogens is 3. The van der Waals surface area contributed by atoms with Crippen molar-refractivity contribution in [3.05, 3.63) is 41.9 Å². The van der Waals surface area contributed by atoms with Gasteiger partial charge in [-0.3, -0.25) is 9.48 Å². The average molecular weight is 416 g/mol. The topological polar surface area (TPSA) is 88.4 Å². The van der Waals surface area contributed by atoms with Crippen molar-refractivity contribution in [3.8, 4) is 0 Å². The second kappa shape index (κ2) is 7.12. The SMILES string of the molecule is O=C(c1cc(C2CC2)n(C2CCS(=O)(=O)C2)n1)N1CCN(c2ccccn2)CC1. The molecule has 0 radical (unpaired) electrons. The van der Waals surface area contributed by atoms with E-state index in [0.29, 0.717) is 31.1 Å². The summed E-state index contributed by atoms with van der Waals surface area (Å²) in [6.07, 6.45) is 4.53. The van der Waals surface area contributed by atoms with Crippen LogP contribution in [0.3, 0.4) is 0 Å². The number of anilines is 1. The molecular formula is C20H25N5O3S. The molecule has 2 aromatic rings. The Morgan fingerprint density at radius 1 is 1.07 bits per heavy atom. The maximum absolute atomic E-state index is 13.1. The zero-order valence-electron chi connectivity index (χ0n) is 16.3. The molecule has 1 unspecified atom stereocenters. The van der Waals surface area contributed by atoms with E-state index in [4.69, 9.17) is 0 Å². The number of carbonyl (C=O) groups is 1. The van der Waals surface area contributed by atoms with Crippen molar-refractivity contribution in [3.63, 3.8) is 0 Å². The van der Waals surface area contributed by atoms with E-state index in [-0.39, 0.29) is 23.5 Å². The number of amides is 1. The van der Waals surface area contributed by atoms with E-state index < -0.39 is 9.84 Å². The molecule has 3 aliphatic rings. The zero-order valence-corrected chi connectivity index (χ0v) is 17.1. The Morgan fingerprint density at radius 3 is 2.48 bits per heavy atom. The van der Waals surface area contributed by atoms with Gasteiger partial charge in [-0.15, -0.1) is 0 Å². The third-order valence-corrected chi connectivity index (χ3v) is 7.82. The molecule has 154 valence electrons. The molecule has 4 heterocycles. The Balaban J connectivity index is 1.31. The smallest absolute Gasteiger partial charge is 0.274 e. The predicted octanol–water partition coefficient (Wildman–Crippen LogP) is 1.48. The maximum atomic E-state index is 13.1. The molecule has 8 nitrogen and oxygen atoms in total. The van der Waals surface area contributed by atoms with Gasteiger partial charge < -0.3 is 9.80 Å². The molecule has 1 aliphatic carbocycles. The van der Waals surface area contributed by atoms with Crippen LogP contribution in [0.4, 0.5) is 5.82 Å². The lowest BCUT2D eigenvalue weighted by Gasteiger charge is -2.35. The van der Waals surface area contributed by atoms with E-state index in [1.807, 2.05) is 33.8 Å². The Hall–Kier alpha value is -2.42. The molecule has 2 aliphatic heterocycles. The van der Waals surface area contributed by atoms with Crippen LogP contribution in [0.15, 0.2) is 30.5 Å². The van der Waals surface area contributed by atoms with Crippen molar-refractivity contribution in [2.75, 3.05) is 42.6 Å². The second-order valence-corrected chi connectivity index (χ2v) is 10.4. The highest BCUT2D eigenvalue weighted by Gasteiger charge is 2.36. The van der Waals surface area contributed by atoms with Gasteiger partial charge in [0.2, 0.25) is 0 Å². The quantitative estimate of drug-likeness (QED) is 0.752. The molecular weight excluding hydrogens is 390 g/mol. The van der Waals surface area contributed by atoms with Crippen LogP contribution in [0, 0.1) is 0 Å². The number of nitrogens with zero attached hydrogens (tertiary/aromatic N) is 5. The molecule has 1 atom stereocenters. The minimum absolute atomic E-state index is 0.0628. The van der Waals surface area contributed by atoms with Crippen LogP contribution in [0.25, 0.3) is 0 Å². The number of hydrogen-bond donors (Lipinski definition) is 0. The van der Waals surface area contributed by atoms with Crippen molar-refractivity contribution in [2.45, 2.75) is 31.2 Å². The summed E-state index contributed by atoms with van der Waals surface area (Å²) >= 11 is 0. The van der Waals surface area contributed by atoms with Crippen molar-refractivity contribution in [2.24, 2.45) is 0 Å². The first-order chi connectivity index (χ1) is 14.0. The van der Waals surface area contributed by atoms with E-state index in [1.165, 1.54) is 0 Å². The molecule has 0 spiro atoms. The van der Waals surface area contributed by atoms with E-state index in [9.17, 15) is 13.2 Å². The van der Waals surface area contributed by atoms with Gasteiger partial charge in [0.25, 0.3) is 5.91 Å². The second-order valence-electron chi connectivity index (χ2n) is 8.20. The van der Waals surface area contributed by atoms with E-state index in [1.54, 1.807) is 6.20 Å². The van der Waals surface area contributed by atoms with Crippen LogP contribution in [0.5, 0.6) is 0 Å². The first kappa shape index (κ1) is 18.6. The van der Waals surface area contributed by atoms with Gasteiger partial charge in [0.05, 0.1) is 17.5 Å². The molecule has 1 amide bonds. The van der Waals surface area contributed by atoms with Crippen LogP contribution in [0.2, 0.25) is 0 Å². The minimum atomic E-state index is -3.00. The van der Waals surface area contributed by atoms with E-state index in [0.717, 1.165) is 37.4 Å². The van der Waals surface area contributed by atoms with Gasteiger partial charge in [-0.2, -0.15) is 5.10 Å². The summed E-state index contributed by atoms with van der Waals surface area (Å²) < 4.78 is 25.7. The third-order valence-electron chi connectivity index (χ3n) is 6.07. The van der Waals surface area contributed by atoms with Crippen molar-refractivity contribution in [1.82, 2.24) is 19.7 Å². The summed E-state index contributed by atoms with van der Waals surface area (Å²) in [5.74, 6) is 1.62. The number of carbonyl (C=O) groups excluding carboxylic acids is 1. The predicted molar refractivity (Wildman–Crippen MR) is 109 cm³/mol. The molecule has 5 rings (SSSR count). The lowest BCUT2D eigenvalue weighted by Crippen LogP contribution is -2.49. The van der Waals surface area contributed by atoms with E-state index in [2.05, 4.69) is 15.0 Å². The molecule has 2 saturated heterocycles. The fourth-order valence-corrected chi connectivity index (χ4v) is 5.99. The summed E-state index contributed by atoms with van der Waals surface area (Å²) in [6, 6.07) is 7.60. The average Bonchev–Trinajstić information content (AvgIpc) is 3.39. The summed E-state index contributed by atoms with van der Waals surface area (Å²) in [7, 11) is -3.00. The normalized spacial score (nSPS) is 24.1. The summed E-state index contributed by atoms with van der Waals surface area (Å²) in [4.78, 5) is 21.5. The van der Waals surface area contributed by atoms with Gasteiger partial charge in [-0.05, 0) is 37.5 Å². The molecule has 29 heavy (non-hydrogen) atoms. The van der Waals surface area contributed by atoms with Crippen LogP contribution < -0.4 is 4.90 Å². The lowest BCUT2D eigenvalue weighted by atomic mass is 10.2. The minimum Gasteiger partial charge on any atom is -0.353 e. The lowest BCUT2D eigenvalue weighted by molar-refractivity contribution is 0.0739. The maximum Gasteiger partial charge on any atom is 0.274 e. The van der Waals surface area contributed by atoms with Gasteiger partial charge in [-0.1, -0.05) is 6.07 Å². The van der Waals surface area contributed by atoms with Gasteiger partial charge >= 0.3 is 0 Å². The van der Waals surface area contributed by atoms with Crippen molar-refractivity contribution in [1.29, 1.82) is 0 Å². The van der Waals surface area contributed by atoms with Crippen LogP contribution >= 0.6 is 0 Å². The first-order valence-electron chi connectivity index (χ1n) is 10.3. The van der Waals surface area contributed by atoms with Crippen molar-refractivity contribution < 1.29 is 13.2 Å². The Morgan fingerprint density at radius 2 is 1.86 bits per heavy atom. The third kappa shape index (κ3) is 3.75. The number of pyridine rings is 1. The monoisotopic (exact) mass is 415 g/mol. The molecule has 0 aromatic carbocycles. The number of rotatable bonds is 4. The summed E-state index contributed by atoms with van der Waals surface area (Å²) in [6.45, 7) is 2.72. The number of hydrogen-bond acceptors (Lipinski definition) is 6. The highest BCUT2D eigenvalue weighted by atomic mass is 32.2. The standard InChI is InChI=1S/C20H25N5O3S/c26-20(24-10-8-23(9-11-24)19-3-1-2-7-21-19)17-13-18(15-4-5-15)25(22-17)16-6-12-29(27,28)14-16/h1-3,7,13,15-16H,4-6,8-12,14H2. The van der Waals surface area contributed by atoms with Gasteiger partial charge in [-0.25, -0.2) is 13.4 Å². The van der Waals surface area contributed by atoms with Crippen LogP contribution in [0.1, 0.15) is 47.4 Å². The first-order valence-corrected chi connectivity index (χ1v) is 12.1. The van der Waals surface area contributed by atoms with Crippen molar-refractivity contribution >= 4 is 21.6 Å². The molecule has 3 fully saturated rings. The van der Waals surface area contributed by atoms with Crippen LogP contribution in [-0.4, -0.2) is 71.7 Å². The zero-order chi connectivity index (χ0) is 20.0. The molecule has 9 heteroatoms. The Bertz CT molecular complexity index is 1010. The van der Waals surface area contributed by atoms with Gasteiger partial charge in [0.1, 0.15) is 5.82 Å². The summed E-state index contributed by atoms with van der Waals surface area (Å²) in [5, 5.41) is 4.61. The fraction of sp³-hybridized carbons (Fsp3) is 0.550. The molecule has 0 N–H and O–H groups in total. The number of sulfone groups is 1. The molecule has 2 aromatic heterocycles. The van der Waals surface area contributed by atoms with Crippen LogP contribution in [-0.2, 0) is 9.84 Å². The highest BCUT2D eigenvalue weighted by molar-refractivity contribution is 7.91. The summed E-state index contributed by atoms with van der Waals surface area (Å²) in [5.41, 5.74) is 1.48. The largest absolute Gasteiger partial charge is 0.353 e. The van der Waals surface area contributed by atoms with Gasteiger partial charge in [0.15, 0.2) is 15.5 Å². The molecule has 0 bridgehead atoms. The van der Waals surface area contributed by atoms with E-state index >= 15 is 0 Å². The van der Waals surface area contributed by atoms with Gasteiger partial charge in [0, 0.05) is 44.0 Å². The fourth-order valence-electron chi connectivity index (χ4n) is 4.30. The Labute approximate surface area is 170 Å². The molecule has 1 saturated carbocycles. The Kier molecular flexibility index (Phi) is 4.57.